The van der Waals surface area contributed by atoms with Crippen LogP contribution in [0.25, 0.3) is 23.1 Å². The van der Waals surface area contributed by atoms with Gasteiger partial charge in [0.25, 0.3) is 5.56 Å². The molecular weight excluding hydrogens is 327 g/mol. The van der Waals surface area contributed by atoms with E-state index in [1.807, 2.05) is 28.8 Å². The average molecular weight is 348 g/mol. The maximum Gasteiger partial charge on any atom is 0.261 e. The number of nitrogens with zero attached hydrogens (tertiary/aromatic N) is 2. The van der Waals surface area contributed by atoms with E-state index in [2.05, 4.69) is 13.8 Å². The molecule has 0 N–H and O–H groups in total. The Balaban J connectivity index is 1.75. The first-order valence-electron chi connectivity index (χ1n) is 8.89. The molecule has 4 heteroatoms. The number of rotatable bonds is 2. The Hall–Kier alpha value is -2.75. The molecule has 0 atom stereocenters. The van der Waals surface area contributed by atoms with Crippen LogP contribution in [-0.2, 0) is 13.0 Å². The van der Waals surface area contributed by atoms with Crippen LogP contribution >= 0.6 is 0 Å². The molecule has 0 radical (unpaired) electrons. The fourth-order valence-electron chi connectivity index (χ4n) is 3.50. The van der Waals surface area contributed by atoms with E-state index in [9.17, 15) is 9.18 Å². The summed E-state index contributed by atoms with van der Waals surface area (Å²) in [6.45, 7) is 5.07. The zero-order valence-corrected chi connectivity index (χ0v) is 15.0. The molecule has 0 fully saturated rings. The molecule has 1 aliphatic heterocycles. The molecule has 3 nitrogen and oxygen atoms in total. The van der Waals surface area contributed by atoms with Gasteiger partial charge in [-0.25, -0.2) is 9.37 Å². The number of aromatic nitrogens is 2. The van der Waals surface area contributed by atoms with Crippen LogP contribution in [0.5, 0.6) is 0 Å². The number of aryl methyl sites for hydroxylation is 1. The Bertz CT molecular complexity index is 1080. The van der Waals surface area contributed by atoms with E-state index >= 15 is 0 Å². The van der Waals surface area contributed by atoms with E-state index in [1.54, 1.807) is 24.3 Å². The fourth-order valence-corrected chi connectivity index (χ4v) is 3.50. The van der Waals surface area contributed by atoms with E-state index in [0.717, 1.165) is 24.2 Å². The smallest absolute Gasteiger partial charge is 0.261 e. The molecule has 2 heterocycles. The first-order chi connectivity index (χ1) is 12.4. The molecule has 0 amide bonds. The van der Waals surface area contributed by atoms with E-state index in [1.165, 1.54) is 6.07 Å². The molecule has 132 valence electrons. The highest BCUT2D eigenvalue weighted by Crippen LogP contribution is 2.29. The summed E-state index contributed by atoms with van der Waals surface area (Å²) in [6, 6.07) is 12.2. The van der Waals surface area contributed by atoms with Crippen LogP contribution in [0.4, 0.5) is 4.39 Å². The van der Waals surface area contributed by atoms with Crippen molar-refractivity contribution in [3.8, 4) is 0 Å². The highest BCUT2D eigenvalue weighted by atomic mass is 19.1. The van der Waals surface area contributed by atoms with Gasteiger partial charge >= 0.3 is 0 Å². The Morgan fingerprint density at radius 3 is 2.77 bits per heavy atom. The third-order valence-electron chi connectivity index (χ3n) is 5.03. The molecule has 0 aliphatic carbocycles. The lowest BCUT2D eigenvalue weighted by Crippen LogP contribution is -2.36. The second kappa shape index (κ2) is 6.20. The highest BCUT2D eigenvalue weighted by molar-refractivity contribution is 5.82. The minimum Gasteiger partial charge on any atom is -0.296 e. The van der Waals surface area contributed by atoms with Gasteiger partial charge < -0.3 is 0 Å². The zero-order valence-electron chi connectivity index (χ0n) is 15.0. The van der Waals surface area contributed by atoms with Crippen molar-refractivity contribution in [3.63, 3.8) is 0 Å². The summed E-state index contributed by atoms with van der Waals surface area (Å²) in [5.74, 6) is 0.606. The van der Waals surface area contributed by atoms with Crippen LogP contribution in [0, 0.1) is 11.2 Å². The van der Waals surface area contributed by atoms with Crippen LogP contribution < -0.4 is 5.56 Å². The first-order valence-corrected chi connectivity index (χ1v) is 8.89. The van der Waals surface area contributed by atoms with Gasteiger partial charge in [0.05, 0.1) is 10.9 Å². The molecule has 4 rings (SSSR count). The van der Waals surface area contributed by atoms with Gasteiger partial charge in [-0.05, 0) is 35.6 Å². The Morgan fingerprint density at radius 1 is 1.15 bits per heavy atom. The minimum absolute atomic E-state index is 0.0300. The number of hydrogen-bond donors (Lipinski definition) is 0. The Morgan fingerprint density at radius 2 is 1.96 bits per heavy atom. The number of fused-ring (bicyclic) bond motifs is 2. The molecule has 0 saturated carbocycles. The Kier molecular flexibility index (Phi) is 3.98. The van der Waals surface area contributed by atoms with Crippen molar-refractivity contribution in [2.24, 2.45) is 5.41 Å². The largest absolute Gasteiger partial charge is 0.296 e. The maximum absolute atomic E-state index is 13.7. The van der Waals surface area contributed by atoms with E-state index in [-0.39, 0.29) is 16.8 Å². The van der Waals surface area contributed by atoms with Crippen molar-refractivity contribution in [3.05, 3.63) is 75.6 Å². The molecule has 3 aromatic rings. The van der Waals surface area contributed by atoms with Crippen LogP contribution in [0.1, 0.15) is 37.2 Å². The summed E-state index contributed by atoms with van der Waals surface area (Å²) in [4.78, 5) is 17.6. The molecule has 0 saturated heterocycles. The van der Waals surface area contributed by atoms with Gasteiger partial charge in [-0.1, -0.05) is 50.3 Å². The normalized spacial score (nSPS) is 16.1. The zero-order chi connectivity index (χ0) is 18.3. The lowest BCUT2D eigenvalue weighted by molar-refractivity contribution is 0.240. The van der Waals surface area contributed by atoms with Crippen molar-refractivity contribution in [2.75, 3.05) is 0 Å². The summed E-state index contributed by atoms with van der Waals surface area (Å²) in [7, 11) is 0. The van der Waals surface area contributed by atoms with Crippen molar-refractivity contribution < 1.29 is 4.39 Å². The number of benzene rings is 2. The molecular formula is C22H21FN2O. The van der Waals surface area contributed by atoms with Crippen LogP contribution in [0.15, 0.2) is 47.3 Å². The van der Waals surface area contributed by atoms with Gasteiger partial charge in [0.2, 0.25) is 0 Å². The van der Waals surface area contributed by atoms with Gasteiger partial charge in [-0.15, -0.1) is 0 Å². The standard InChI is InChI=1S/C22H21FN2O/c1-22(2)12-11-20-24-19-13-15(7-9-16-5-3-4-6-18(16)23)8-10-17(19)21(26)25(20)14-22/h3-10,13H,11-12,14H2,1-2H3/b9-7+. The van der Waals surface area contributed by atoms with Gasteiger partial charge in [-0.2, -0.15) is 0 Å². The third kappa shape index (κ3) is 3.07. The second-order valence-corrected chi connectivity index (χ2v) is 7.71. The van der Waals surface area contributed by atoms with Gasteiger partial charge in [0.1, 0.15) is 11.6 Å². The topological polar surface area (TPSA) is 34.9 Å². The number of hydrogen-bond acceptors (Lipinski definition) is 2. The third-order valence-corrected chi connectivity index (χ3v) is 5.03. The van der Waals surface area contributed by atoms with E-state index < -0.39 is 0 Å². The summed E-state index contributed by atoms with van der Waals surface area (Å²) in [5, 5.41) is 0.634. The van der Waals surface area contributed by atoms with Gasteiger partial charge in [-0.3, -0.25) is 9.36 Å². The van der Waals surface area contributed by atoms with Crippen molar-refractivity contribution in [1.82, 2.24) is 9.55 Å². The highest BCUT2D eigenvalue weighted by Gasteiger charge is 2.27. The van der Waals surface area contributed by atoms with Crippen LogP contribution in [-0.4, -0.2) is 9.55 Å². The second-order valence-electron chi connectivity index (χ2n) is 7.71. The van der Waals surface area contributed by atoms with Crippen molar-refractivity contribution in [1.29, 1.82) is 0 Å². The SMILES string of the molecule is CC1(C)CCc2nc3cc(/C=C/c4ccccc4F)ccc3c(=O)n2C1. The molecule has 2 aromatic carbocycles. The van der Waals surface area contributed by atoms with Crippen molar-refractivity contribution in [2.45, 2.75) is 33.2 Å². The quantitative estimate of drug-likeness (QED) is 0.630. The first kappa shape index (κ1) is 16.7. The molecule has 0 spiro atoms. The van der Waals surface area contributed by atoms with Crippen LogP contribution in [0.3, 0.4) is 0 Å². The van der Waals surface area contributed by atoms with E-state index in [0.29, 0.717) is 23.0 Å². The monoisotopic (exact) mass is 348 g/mol. The maximum atomic E-state index is 13.7. The molecule has 0 unspecified atom stereocenters. The average Bonchev–Trinajstić information content (AvgIpc) is 2.61. The van der Waals surface area contributed by atoms with Gasteiger partial charge in [0.15, 0.2) is 0 Å². The summed E-state index contributed by atoms with van der Waals surface area (Å²) < 4.78 is 15.6. The lowest BCUT2D eigenvalue weighted by Gasteiger charge is -2.31. The lowest BCUT2D eigenvalue weighted by atomic mass is 9.85. The summed E-state index contributed by atoms with van der Waals surface area (Å²) in [5.41, 5.74) is 2.29. The molecule has 26 heavy (non-hydrogen) atoms. The number of halogens is 1. The summed E-state index contributed by atoms with van der Waals surface area (Å²) in [6.07, 6.45) is 5.43. The van der Waals surface area contributed by atoms with Gasteiger partial charge in [0, 0.05) is 18.5 Å². The van der Waals surface area contributed by atoms with E-state index in [4.69, 9.17) is 4.98 Å². The van der Waals surface area contributed by atoms with Crippen LogP contribution in [0.2, 0.25) is 0 Å². The summed E-state index contributed by atoms with van der Waals surface area (Å²) >= 11 is 0. The molecule has 1 aromatic heterocycles. The molecule has 0 bridgehead atoms. The predicted molar refractivity (Wildman–Crippen MR) is 103 cm³/mol. The predicted octanol–water partition coefficient (Wildman–Crippen LogP) is 4.68. The molecule has 1 aliphatic rings. The van der Waals surface area contributed by atoms with Crippen molar-refractivity contribution >= 4 is 23.1 Å². The fraction of sp³-hybridized carbons (Fsp3) is 0.273. The Labute approximate surface area is 151 Å². The minimum atomic E-state index is -0.252.